The summed E-state index contributed by atoms with van der Waals surface area (Å²) in [6.45, 7) is 3.92. The van der Waals surface area contributed by atoms with Crippen LogP contribution in [0.2, 0.25) is 0 Å². The van der Waals surface area contributed by atoms with Crippen molar-refractivity contribution in [3.63, 3.8) is 0 Å². The minimum absolute atomic E-state index is 0.0793. The summed E-state index contributed by atoms with van der Waals surface area (Å²) in [5.41, 5.74) is 0.191. The number of Topliss-reactive ketones (excluding diaryl/α,β-unsaturated/α-hetero) is 1. The van der Waals surface area contributed by atoms with Gasteiger partial charge in [-0.1, -0.05) is 30.3 Å². The Morgan fingerprint density at radius 1 is 1.33 bits per heavy atom. The smallest absolute Gasteiger partial charge is 0.357 e. The molecular weight excluding hydrogens is 308 g/mol. The third-order valence-corrected chi connectivity index (χ3v) is 4.49. The van der Waals surface area contributed by atoms with Gasteiger partial charge < -0.3 is 14.0 Å². The summed E-state index contributed by atoms with van der Waals surface area (Å²) in [6.07, 6.45) is 3.45. The molecule has 0 radical (unpaired) electrons. The van der Waals surface area contributed by atoms with Crippen molar-refractivity contribution >= 4 is 11.8 Å². The molecule has 1 fully saturated rings. The van der Waals surface area contributed by atoms with E-state index in [1.807, 2.05) is 37.3 Å². The number of imidazole rings is 1. The standard InChI is InChI=1S/C18H20N2O4/c1-13(15-6-4-3-5-7-15)20-12-19-10-16(20)17(22)24-18(14(2)21)8-9-23-11-18/h3-7,10,12-13H,8-9,11H2,1-2H3/t13-,18?/m1/s1. The second kappa shape index (κ2) is 6.57. The molecule has 1 saturated heterocycles. The number of esters is 1. The van der Waals surface area contributed by atoms with Crippen molar-refractivity contribution in [2.45, 2.75) is 31.9 Å². The highest BCUT2D eigenvalue weighted by Crippen LogP contribution is 2.27. The minimum Gasteiger partial charge on any atom is -0.444 e. The minimum atomic E-state index is -1.18. The fourth-order valence-electron chi connectivity index (χ4n) is 2.87. The van der Waals surface area contributed by atoms with E-state index < -0.39 is 11.6 Å². The Labute approximate surface area is 140 Å². The van der Waals surface area contributed by atoms with Crippen LogP contribution in [0.3, 0.4) is 0 Å². The molecule has 24 heavy (non-hydrogen) atoms. The van der Waals surface area contributed by atoms with Gasteiger partial charge in [-0.25, -0.2) is 9.78 Å². The normalized spacial score (nSPS) is 21.4. The number of ketones is 1. The monoisotopic (exact) mass is 328 g/mol. The number of carbonyl (C=O) groups excluding carboxylic acids is 2. The van der Waals surface area contributed by atoms with Gasteiger partial charge in [-0.2, -0.15) is 0 Å². The zero-order chi connectivity index (χ0) is 17.2. The van der Waals surface area contributed by atoms with Gasteiger partial charge in [0, 0.05) is 6.42 Å². The Morgan fingerprint density at radius 2 is 2.08 bits per heavy atom. The molecule has 0 spiro atoms. The van der Waals surface area contributed by atoms with Crippen molar-refractivity contribution in [2.75, 3.05) is 13.2 Å². The first-order chi connectivity index (χ1) is 11.5. The molecule has 1 unspecified atom stereocenters. The molecule has 1 aliphatic heterocycles. The fourth-order valence-corrected chi connectivity index (χ4v) is 2.87. The van der Waals surface area contributed by atoms with E-state index in [0.29, 0.717) is 18.7 Å². The summed E-state index contributed by atoms with van der Waals surface area (Å²) in [5, 5.41) is 0. The van der Waals surface area contributed by atoms with E-state index in [-0.39, 0.29) is 18.4 Å². The van der Waals surface area contributed by atoms with E-state index >= 15 is 0 Å². The average Bonchev–Trinajstić information content (AvgIpc) is 3.25. The maximum Gasteiger partial charge on any atom is 0.357 e. The summed E-state index contributed by atoms with van der Waals surface area (Å²) in [7, 11) is 0. The van der Waals surface area contributed by atoms with Crippen LogP contribution in [0.5, 0.6) is 0 Å². The Kier molecular flexibility index (Phi) is 4.49. The van der Waals surface area contributed by atoms with Gasteiger partial charge in [0.1, 0.15) is 5.69 Å². The first-order valence-electron chi connectivity index (χ1n) is 7.92. The molecule has 0 bridgehead atoms. The summed E-state index contributed by atoms with van der Waals surface area (Å²) in [4.78, 5) is 28.6. The number of aromatic nitrogens is 2. The molecule has 2 heterocycles. The van der Waals surface area contributed by atoms with Crippen molar-refractivity contribution in [2.24, 2.45) is 0 Å². The van der Waals surface area contributed by atoms with Gasteiger partial charge in [-0.15, -0.1) is 0 Å². The van der Waals surface area contributed by atoms with E-state index in [4.69, 9.17) is 9.47 Å². The molecule has 2 aromatic rings. The molecule has 0 aliphatic carbocycles. The lowest BCUT2D eigenvalue weighted by molar-refractivity contribution is -0.136. The first kappa shape index (κ1) is 16.4. The molecule has 2 atom stereocenters. The zero-order valence-corrected chi connectivity index (χ0v) is 13.8. The van der Waals surface area contributed by atoms with Crippen molar-refractivity contribution in [3.05, 3.63) is 54.1 Å². The average molecular weight is 328 g/mol. The topological polar surface area (TPSA) is 70.4 Å². The third kappa shape index (κ3) is 2.97. The molecule has 0 N–H and O–H groups in total. The van der Waals surface area contributed by atoms with Crippen molar-refractivity contribution in [1.82, 2.24) is 9.55 Å². The predicted octanol–water partition coefficient (Wildman–Crippen LogP) is 2.40. The van der Waals surface area contributed by atoms with Gasteiger partial charge in [0.05, 0.1) is 31.8 Å². The van der Waals surface area contributed by atoms with E-state index in [2.05, 4.69) is 4.98 Å². The lowest BCUT2D eigenvalue weighted by Gasteiger charge is -2.25. The Balaban J connectivity index is 1.85. The summed E-state index contributed by atoms with van der Waals surface area (Å²) in [6, 6.07) is 9.73. The Bertz CT molecular complexity index is 732. The number of ether oxygens (including phenoxy) is 2. The number of rotatable bonds is 5. The van der Waals surface area contributed by atoms with E-state index in [0.717, 1.165) is 5.56 Å². The Hall–Kier alpha value is -2.47. The van der Waals surface area contributed by atoms with Crippen LogP contribution < -0.4 is 0 Å². The molecular formula is C18H20N2O4. The highest BCUT2D eigenvalue weighted by atomic mass is 16.6. The van der Waals surface area contributed by atoms with Crippen LogP contribution in [0.4, 0.5) is 0 Å². The van der Waals surface area contributed by atoms with Crippen molar-refractivity contribution < 1.29 is 19.1 Å². The highest BCUT2D eigenvalue weighted by molar-refractivity contribution is 5.93. The maximum atomic E-state index is 12.6. The lowest BCUT2D eigenvalue weighted by Crippen LogP contribution is -2.43. The predicted molar refractivity (Wildman–Crippen MR) is 86.7 cm³/mol. The molecule has 126 valence electrons. The number of nitrogens with zero attached hydrogens (tertiary/aromatic N) is 2. The highest BCUT2D eigenvalue weighted by Gasteiger charge is 2.44. The van der Waals surface area contributed by atoms with Gasteiger partial charge in [0.2, 0.25) is 0 Å². The van der Waals surface area contributed by atoms with Crippen LogP contribution in [-0.4, -0.2) is 40.1 Å². The van der Waals surface area contributed by atoms with Crippen molar-refractivity contribution in [1.29, 1.82) is 0 Å². The number of carbonyl (C=O) groups is 2. The largest absolute Gasteiger partial charge is 0.444 e. The van der Waals surface area contributed by atoms with Gasteiger partial charge in [0.15, 0.2) is 11.4 Å². The SMILES string of the molecule is CC(=O)C1(OC(=O)c2cncn2[C@H](C)c2ccccc2)CCOC1. The van der Waals surface area contributed by atoms with Gasteiger partial charge in [-0.05, 0) is 19.4 Å². The first-order valence-corrected chi connectivity index (χ1v) is 7.92. The van der Waals surface area contributed by atoms with Crippen LogP contribution in [0.25, 0.3) is 0 Å². The zero-order valence-electron chi connectivity index (χ0n) is 13.8. The van der Waals surface area contributed by atoms with Crippen LogP contribution in [0.1, 0.15) is 42.4 Å². The molecule has 1 aliphatic rings. The van der Waals surface area contributed by atoms with E-state index in [1.54, 1.807) is 10.9 Å². The van der Waals surface area contributed by atoms with E-state index in [1.165, 1.54) is 13.1 Å². The second-order valence-corrected chi connectivity index (χ2v) is 6.02. The third-order valence-electron chi connectivity index (χ3n) is 4.49. The van der Waals surface area contributed by atoms with E-state index in [9.17, 15) is 9.59 Å². The molecule has 1 aromatic heterocycles. The van der Waals surface area contributed by atoms with Crippen molar-refractivity contribution in [3.8, 4) is 0 Å². The number of hydrogen-bond donors (Lipinski definition) is 0. The van der Waals surface area contributed by atoms with Crippen LogP contribution in [0.15, 0.2) is 42.9 Å². The summed E-state index contributed by atoms with van der Waals surface area (Å²) >= 11 is 0. The Morgan fingerprint density at radius 3 is 2.71 bits per heavy atom. The molecule has 0 saturated carbocycles. The van der Waals surface area contributed by atoms with Crippen LogP contribution >= 0.6 is 0 Å². The quantitative estimate of drug-likeness (QED) is 0.788. The molecule has 6 heteroatoms. The molecule has 6 nitrogen and oxygen atoms in total. The van der Waals surface area contributed by atoms with Gasteiger partial charge >= 0.3 is 5.97 Å². The van der Waals surface area contributed by atoms with Gasteiger partial charge in [0.25, 0.3) is 0 Å². The van der Waals surface area contributed by atoms with Gasteiger partial charge in [-0.3, -0.25) is 4.79 Å². The number of hydrogen-bond acceptors (Lipinski definition) is 5. The summed E-state index contributed by atoms with van der Waals surface area (Å²) < 4.78 is 12.6. The molecule has 1 aromatic carbocycles. The maximum absolute atomic E-state index is 12.6. The molecule has 0 amide bonds. The second-order valence-electron chi connectivity index (χ2n) is 6.02. The molecule has 3 rings (SSSR count). The fraction of sp³-hybridized carbons (Fsp3) is 0.389. The lowest BCUT2D eigenvalue weighted by atomic mass is 9.98. The van der Waals surface area contributed by atoms with Crippen LogP contribution in [0, 0.1) is 0 Å². The number of benzene rings is 1. The van der Waals surface area contributed by atoms with Crippen LogP contribution in [-0.2, 0) is 14.3 Å². The summed E-state index contributed by atoms with van der Waals surface area (Å²) in [5.74, 6) is -0.758.